The fraction of sp³-hybridized carbons (Fsp3) is 0.417. The van der Waals surface area contributed by atoms with E-state index in [-0.39, 0.29) is 23.9 Å². The zero-order chi connectivity index (χ0) is 13.5. The van der Waals surface area contributed by atoms with Crippen molar-refractivity contribution in [1.29, 1.82) is 0 Å². The molecule has 18 heavy (non-hydrogen) atoms. The van der Waals surface area contributed by atoms with Crippen molar-refractivity contribution in [3.8, 4) is 0 Å². The largest absolute Gasteiger partial charge is 0.383 e. The van der Waals surface area contributed by atoms with Gasteiger partial charge in [-0.05, 0) is 6.07 Å². The van der Waals surface area contributed by atoms with Crippen LogP contribution in [0.1, 0.15) is 5.56 Å². The van der Waals surface area contributed by atoms with Crippen molar-refractivity contribution in [3.05, 3.63) is 35.4 Å². The Morgan fingerprint density at radius 2 is 2.22 bits per heavy atom. The van der Waals surface area contributed by atoms with E-state index in [1.54, 1.807) is 0 Å². The van der Waals surface area contributed by atoms with Crippen molar-refractivity contribution in [2.75, 3.05) is 20.3 Å². The summed E-state index contributed by atoms with van der Waals surface area (Å²) < 4.78 is 31.0. The summed E-state index contributed by atoms with van der Waals surface area (Å²) in [7, 11) is 1.50. The van der Waals surface area contributed by atoms with Gasteiger partial charge in [0.15, 0.2) is 11.6 Å². The van der Waals surface area contributed by atoms with Crippen LogP contribution in [0.5, 0.6) is 0 Å². The Kier molecular flexibility index (Phi) is 6.01. The van der Waals surface area contributed by atoms with E-state index in [0.29, 0.717) is 6.61 Å². The van der Waals surface area contributed by atoms with Gasteiger partial charge >= 0.3 is 0 Å². The highest BCUT2D eigenvalue weighted by atomic mass is 35.5. The van der Waals surface area contributed by atoms with Gasteiger partial charge in [-0.2, -0.15) is 0 Å². The highest BCUT2D eigenvalue weighted by Gasteiger charge is 2.12. The lowest BCUT2D eigenvalue weighted by Gasteiger charge is -2.10. The second-order valence-corrected chi connectivity index (χ2v) is 4.36. The maximum Gasteiger partial charge on any atom is 0.224 e. The predicted octanol–water partition coefficient (Wildman–Crippen LogP) is 1.88. The number of amides is 1. The molecule has 1 rings (SSSR count). The fourth-order valence-corrected chi connectivity index (χ4v) is 1.59. The molecule has 1 unspecified atom stereocenters. The van der Waals surface area contributed by atoms with Gasteiger partial charge in [0.25, 0.3) is 0 Å². The molecular weight excluding hydrogens is 264 g/mol. The Bertz CT molecular complexity index is 415. The molecule has 1 amide bonds. The van der Waals surface area contributed by atoms with E-state index in [0.717, 1.165) is 6.07 Å². The molecule has 0 fully saturated rings. The number of alkyl halides is 1. The molecule has 1 aromatic carbocycles. The number of rotatable bonds is 6. The van der Waals surface area contributed by atoms with Crippen LogP contribution in [0, 0.1) is 11.6 Å². The number of halogens is 3. The molecule has 0 aliphatic carbocycles. The van der Waals surface area contributed by atoms with Crippen LogP contribution in [0.2, 0.25) is 0 Å². The Hall–Kier alpha value is -1.20. The third-order valence-electron chi connectivity index (χ3n) is 2.25. The van der Waals surface area contributed by atoms with E-state index in [9.17, 15) is 13.6 Å². The van der Waals surface area contributed by atoms with Gasteiger partial charge in [0.1, 0.15) is 0 Å². The summed E-state index contributed by atoms with van der Waals surface area (Å²) in [5.74, 6) is -2.37. The Balaban J connectivity index is 2.47. The molecule has 3 nitrogen and oxygen atoms in total. The van der Waals surface area contributed by atoms with Gasteiger partial charge in [-0.25, -0.2) is 8.78 Å². The number of ether oxygens (including phenoxy) is 1. The SMILES string of the molecule is COCC(Cl)CNC(=O)Cc1cccc(F)c1F. The lowest BCUT2D eigenvalue weighted by atomic mass is 10.1. The number of methoxy groups -OCH3 is 1. The lowest BCUT2D eigenvalue weighted by molar-refractivity contribution is -0.120. The molecule has 0 aliphatic heterocycles. The van der Waals surface area contributed by atoms with Crippen LogP contribution in [0.4, 0.5) is 8.78 Å². The third-order valence-corrected chi connectivity index (χ3v) is 2.53. The van der Waals surface area contributed by atoms with Crippen molar-refractivity contribution in [2.24, 2.45) is 0 Å². The number of hydrogen-bond acceptors (Lipinski definition) is 2. The molecule has 100 valence electrons. The van der Waals surface area contributed by atoms with Gasteiger partial charge in [-0.3, -0.25) is 4.79 Å². The van der Waals surface area contributed by atoms with Crippen molar-refractivity contribution < 1.29 is 18.3 Å². The van der Waals surface area contributed by atoms with Crippen LogP contribution >= 0.6 is 11.6 Å². The molecule has 0 bridgehead atoms. The van der Waals surface area contributed by atoms with Crippen molar-refractivity contribution in [1.82, 2.24) is 5.32 Å². The first-order valence-electron chi connectivity index (χ1n) is 5.37. The molecule has 0 heterocycles. The second kappa shape index (κ2) is 7.28. The summed E-state index contributed by atoms with van der Waals surface area (Å²) in [6, 6.07) is 3.73. The van der Waals surface area contributed by atoms with E-state index in [1.807, 2.05) is 0 Å². The minimum absolute atomic E-state index is 0.0189. The molecule has 0 aliphatic rings. The number of nitrogens with one attached hydrogen (secondary N) is 1. The minimum atomic E-state index is -0.994. The monoisotopic (exact) mass is 277 g/mol. The summed E-state index contributed by atoms with van der Waals surface area (Å²) in [6.45, 7) is 0.515. The molecule has 0 aromatic heterocycles. The number of hydrogen-bond donors (Lipinski definition) is 1. The molecule has 0 saturated heterocycles. The average molecular weight is 278 g/mol. The molecule has 0 saturated carbocycles. The highest BCUT2D eigenvalue weighted by molar-refractivity contribution is 6.21. The number of carbonyl (C=O) groups excluding carboxylic acids is 1. The first-order valence-corrected chi connectivity index (χ1v) is 5.80. The highest BCUT2D eigenvalue weighted by Crippen LogP contribution is 2.11. The standard InChI is InChI=1S/C12H14ClF2NO2/c1-18-7-9(13)6-16-11(17)5-8-3-2-4-10(14)12(8)15/h2-4,9H,5-7H2,1H3,(H,16,17). The van der Waals surface area contributed by atoms with Gasteiger partial charge in [-0.1, -0.05) is 12.1 Å². The number of benzene rings is 1. The molecule has 1 atom stereocenters. The third kappa shape index (κ3) is 4.58. The lowest BCUT2D eigenvalue weighted by Crippen LogP contribution is -2.32. The van der Waals surface area contributed by atoms with Crippen molar-refractivity contribution in [3.63, 3.8) is 0 Å². The Morgan fingerprint density at radius 1 is 1.50 bits per heavy atom. The van der Waals surface area contributed by atoms with E-state index >= 15 is 0 Å². The quantitative estimate of drug-likeness (QED) is 0.807. The van der Waals surface area contributed by atoms with E-state index in [4.69, 9.17) is 16.3 Å². The number of carbonyl (C=O) groups is 1. The molecule has 0 radical (unpaired) electrons. The van der Waals surface area contributed by atoms with Crippen LogP contribution in [0.15, 0.2) is 18.2 Å². The van der Waals surface area contributed by atoms with Crippen LogP contribution in [-0.4, -0.2) is 31.5 Å². The summed E-state index contributed by atoms with van der Waals surface area (Å²) in [5.41, 5.74) is 0.0189. The van der Waals surface area contributed by atoms with Gasteiger partial charge in [0, 0.05) is 19.2 Å². The molecule has 0 spiro atoms. The van der Waals surface area contributed by atoms with E-state index < -0.39 is 17.5 Å². The predicted molar refractivity (Wildman–Crippen MR) is 64.6 cm³/mol. The van der Waals surface area contributed by atoms with Gasteiger partial charge in [0.2, 0.25) is 5.91 Å². The topological polar surface area (TPSA) is 38.3 Å². The van der Waals surface area contributed by atoms with E-state index in [2.05, 4.69) is 5.32 Å². The summed E-state index contributed by atoms with van der Waals surface area (Å²) in [5, 5.41) is 2.17. The summed E-state index contributed by atoms with van der Waals surface area (Å²) in [6.07, 6.45) is -0.222. The summed E-state index contributed by atoms with van der Waals surface area (Å²) in [4.78, 5) is 11.5. The van der Waals surface area contributed by atoms with Crippen LogP contribution in [-0.2, 0) is 16.0 Å². The minimum Gasteiger partial charge on any atom is -0.383 e. The Morgan fingerprint density at radius 3 is 2.89 bits per heavy atom. The van der Waals surface area contributed by atoms with Gasteiger partial charge in [-0.15, -0.1) is 11.6 Å². The fourth-order valence-electron chi connectivity index (χ4n) is 1.38. The zero-order valence-electron chi connectivity index (χ0n) is 9.88. The van der Waals surface area contributed by atoms with Crippen LogP contribution in [0.25, 0.3) is 0 Å². The molecular formula is C12H14ClF2NO2. The first kappa shape index (κ1) is 14.9. The smallest absolute Gasteiger partial charge is 0.224 e. The molecule has 1 aromatic rings. The first-order chi connectivity index (χ1) is 8.54. The van der Waals surface area contributed by atoms with Crippen molar-refractivity contribution >= 4 is 17.5 Å². The second-order valence-electron chi connectivity index (χ2n) is 3.75. The van der Waals surface area contributed by atoms with Gasteiger partial charge in [0.05, 0.1) is 18.4 Å². The molecule has 1 N–H and O–H groups in total. The zero-order valence-corrected chi connectivity index (χ0v) is 10.6. The molecule has 6 heteroatoms. The van der Waals surface area contributed by atoms with Crippen LogP contribution < -0.4 is 5.32 Å². The maximum absolute atomic E-state index is 13.3. The Labute approximate surface area is 109 Å². The maximum atomic E-state index is 13.3. The van der Waals surface area contributed by atoms with Crippen LogP contribution in [0.3, 0.4) is 0 Å². The van der Waals surface area contributed by atoms with E-state index in [1.165, 1.54) is 19.2 Å². The average Bonchev–Trinajstić information content (AvgIpc) is 2.33. The normalized spacial score (nSPS) is 12.2. The summed E-state index contributed by atoms with van der Waals surface area (Å²) >= 11 is 5.81. The van der Waals surface area contributed by atoms with Crippen molar-refractivity contribution in [2.45, 2.75) is 11.8 Å². The van der Waals surface area contributed by atoms with Gasteiger partial charge < -0.3 is 10.1 Å².